The Balaban J connectivity index is 2.40. The molecule has 0 saturated carbocycles. The van der Waals surface area contributed by atoms with Crippen molar-refractivity contribution >= 4 is 5.91 Å². The largest absolute Gasteiger partial charge is 0.351 e. The summed E-state index contributed by atoms with van der Waals surface area (Å²) in [5.41, 5.74) is 6.59. The summed E-state index contributed by atoms with van der Waals surface area (Å²) in [4.78, 5) is 11.3. The van der Waals surface area contributed by atoms with Gasteiger partial charge in [0.05, 0.1) is 0 Å². The van der Waals surface area contributed by atoms with Crippen molar-refractivity contribution in [1.29, 1.82) is 0 Å². The van der Waals surface area contributed by atoms with Gasteiger partial charge in [-0.1, -0.05) is 0 Å². The highest BCUT2D eigenvalue weighted by molar-refractivity contribution is 5.92. The second kappa shape index (κ2) is 4.61. The summed E-state index contributed by atoms with van der Waals surface area (Å²) in [5, 5.41) is 9.24. The number of nitrogens with zero attached hydrogens (tertiary/aromatic N) is 1. The Morgan fingerprint density at radius 1 is 1.77 bits per heavy atom. The van der Waals surface area contributed by atoms with Crippen LogP contribution in [0, 0.1) is 6.92 Å². The first-order valence-electron chi connectivity index (χ1n) is 4.24. The van der Waals surface area contributed by atoms with Crippen LogP contribution < -0.4 is 11.1 Å². The molecule has 0 aliphatic rings. The molecule has 0 bridgehead atoms. The van der Waals surface area contributed by atoms with Crippen LogP contribution in [-0.2, 0) is 0 Å². The highest BCUT2D eigenvalue weighted by Crippen LogP contribution is 1.96. The van der Waals surface area contributed by atoms with Crippen molar-refractivity contribution in [3.8, 4) is 0 Å². The van der Waals surface area contributed by atoms with Gasteiger partial charge in [-0.05, 0) is 26.0 Å². The molecular weight excluding hydrogens is 168 g/mol. The molecule has 0 aliphatic heterocycles. The van der Waals surface area contributed by atoms with Gasteiger partial charge in [0.1, 0.15) is 5.69 Å². The third-order valence-electron chi connectivity index (χ3n) is 1.61. The highest BCUT2D eigenvalue weighted by atomic mass is 16.1. The van der Waals surface area contributed by atoms with Crippen LogP contribution in [0.3, 0.4) is 0 Å². The van der Waals surface area contributed by atoms with E-state index in [1.807, 2.05) is 6.92 Å². The molecule has 0 radical (unpaired) electrons. The van der Waals surface area contributed by atoms with Crippen LogP contribution in [0.15, 0.2) is 6.07 Å². The number of hydrogen-bond acceptors (Lipinski definition) is 3. The van der Waals surface area contributed by atoms with Crippen LogP contribution in [0.5, 0.6) is 0 Å². The van der Waals surface area contributed by atoms with Crippen molar-refractivity contribution in [3.05, 3.63) is 17.5 Å². The van der Waals surface area contributed by atoms with Crippen molar-refractivity contribution in [1.82, 2.24) is 15.5 Å². The fourth-order valence-corrected chi connectivity index (χ4v) is 0.929. The van der Waals surface area contributed by atoms with Gasteiger partial charge in [-0.15, -0.1) is 0 Å². The van der Waals surface area contributed by atoms with Gasteiger partial charge in [0.25, 0.3) is 5.91 Å². The molecule has 0 fully saturated rings. The lowest BCUT2D eigenvalue weighted by Gasteiger charge is -1.99. The number of carbonyl (C=O) groups excluding carboxylic acids is 1. The first-order chi connectivity index (χ1) is 6.24. The van der Waals surface area contributed by atoms with E-state index in [1.54, 1.807) is 6.07 Å². The number of rotatable bonds is 4. The van der Waals surface area contributed by atoms with E-state index in [0.29, 0.717) is 18.8 Å². The quantitative estimate of drug-likeness (QED) is 0.564. The number of aryl methyl sites for hydroxylation is 1. The number of H-pyrrole nitrogens is 1. The van der Waals surface area contributed by atoms with Gasteiger partial charge in [0, 0.05) is 12.2 Å². The molecule has 0 aliphatic carbocycles. The van der Waals surface area contributed by atoms with E-state index in [2.05, 4.69) is 15.5 Å². The monoisotopic (exact) mass is 182 g/mol. The molecule has 13 heavy (non-hydrogen) atoms. The van der Waals surface area contributed by atoms with E-state index >= 15 is 0 Å². The zero-order chi connectivity index (χ0) is 9.68. The minimum atomic E-state index is -0.155. The number of carbonyl (C=O) groups is 1. The van der Waals surface area contributed by atoms with Gasteiger partial charge in [0.2, 0.25) is 0 Å². The van der Waals surface area contributed by atoms with Crippen LogP contribution in [0.1, 0.15) is 22.6 Å². The van der Waals surface area contributed by atoms with E-state index in [1.165, 1.54) is 0 Å². The third-order valence-corrected chi connectivity index (χ3v) is 1.61. The molecule has 1 aromatic rings. The average molecular weight is 182 g/mol. The number of aromatic nitrogens is 2. The second-order valence-corrected chi connectivity index (χ2v) is 2.83. The lowest BCUT2D eigenvalue weighted by Crippen LogP contribution is -2.26. The number of hydrogen-bond donors (Lipinski definition) is 3. The van der Waals surface area contributed by atoms with Crippen LogP contribution >= 0.6 is 0 Å². The number of nitrogens with one attached hydrogen (secondary N) is 2. The molecular formula is C8H14N4O. The molecule has 0 saturated heterocycles. The van der Waals surface area contributed by atoms with Crippen LogP contribution in [-0.4, -0.2) is 29.2 Å². The number of nitrogens with two attached hydrogens (primary N) is 1. The summed E-state index contributed by atoms with van der Waals surface area (Å²) in [6.45, 7) is 3.03. The smallest absolute Gasteiger partial charge is 0.271 e. The first-order valence-corrected chi connectivity index (χ1v) is 4.24. The molecule has 5 heteroatoms. The van der Waals surface area contributed by atoms with Crippen molar-refractivity contribution in [2.75, 3.05) is 13.1 Å². The predicted octanol–water partition coefficient (Wildman–Crippen LogP) is -0.203. The molecule has 1 aromatic heterocycles. The molecule has 1 heterocycles. The molecule has 0 unspecified atom stereocenters. The summed E-state index contributed by atoms with van der Waals surface area (Å²) >= 11 is 0. The highest BCUT2D eigenvalue weighted by Gasteiger charge is 2.07. The van der Waals surface area contributed by atoms with Gasteiger partial charge in [0.15, 0.2) is 0 Å². The summed E-state index contributed by atoms with van der Waals surface area (Å²) in [7, 11) is 0. The number of aromatic amines is 1. The zero-order valence-electron chi connectivity index (χ0n) is 7.63. The van der Waals surface area contributed by atoms with Crippen molar-refractivity contribution in [2.24, 2.45) is 5.73 Å². The van der Waals surface area contributed by atoms with E-state index in [-0.39, 0.29) is 5.91 Å². The van der Waals surface area contributed by atoms with E-state index in [0.717, 1.165) is 12.1 Å². The summed E-state index contributed by atoms with van der Waals surface area (Å²) in [6, 6.07) is 1.71. The van der Waals surface area contributed by atoms with Gasteiger partial charge in [-0.25, -0.2) is 0 Å². The maximum absolute atomic E-state index is 11.3. The zero-order valence-corrected chi connectivity index (χ0v) is 7.63. The minimum Gasteiger partial charge on any atom is -0.351 e. The Kier molecular flexibility index (Phi) is 3.45. The van der Waals surface area contributed by atoms with Crippen molar-refractivity contribution < 1.29 is 4.79 Å². The maximum Gasteiger partial charge on any atom is 0.271 e. The van der Waals surface area contributed by atoms with Gasteiger partial charge in [-0.3, -0.25) is 9.89 Å². The molecule has 5 nitrogen and oxygen atoms in total. The van der Waals surface area contributed by atoms with Gasteiger partial charge in [-0.2, -0.15) is 5.10 Å². The summed E-state index contributed by atoms with van der Waals surface area (Å²) in [5.74, 6) is -0.155. The van der Waals surface area contributed by atoms with Crippen LogP contribution in [0.4, 0.5) is 0 Å². The maximum atomic E-state index is 11.3. The first kappa shape index (κ1) is 9.73. The SMILES string of the molecule is Cc1cc(C(=O)NCCCN)n[nH]1. The molecule has 0 spiro atoms. The van der Waals surface area contributed by atoms with Crippen molar-refractivity contribution in [3.63, 3.8) is 0 Å². The van der Waals surface area contributed by atoms with Crippen LogP contribution in [0.25, 0.3) is 0 Å². The number of amides is 1. The van der Waals surface area contributed by atoms with E-state index in [4.69, 9.17) is 5.73 Å². The molecule has 1 amide bonds. The Hall–Kier alpha value is -1.36. The Labute approximate surface area is 76.7 Å². The minimum absolute atomic E-state index is 0.155. The van der Waals surface area contributed by atoms with Crippen LogP contribution in [0.2, 0.25) is 0 Å². The second-order valence-electron chi connectivity index (χ2n) is 2.83. The normalized spacial score (nSPS) is 10.0. The third kappa shape index (κ3) is 2.87. The lowest BCUT2D eigenvalue weighted by molar-refractivity contribution is 0.0948. The topological polar surface area (TPSA) is 83.8 Å². The standard InChI is InChI=1S/C8H14N4O/c1-6-5-7(12-11-6)8(13)10-4-2-3-9/h5H,2-4,9H2,1H3,(H,10,13)(H,11,12). The fourth-order valence-electron chi connectivity index (χ4n) is 0.929. The van der Waals surface area contributed by atoms with E-state index < -0.39 is 0 Å². The molecule has 72 valence electrons. The Morgan fingerprint density at radius 3 is 3.08 bits per heavy atom. The Morgan fingerprint density at radius 2 is 2.54 bits per heavy atom. The molecule has 0 atom stereocenters. The van der Waals surface area contributed by atoms with Gasteiger partial charge >= 0.3 is 0 Å². The summed E-state index contributed by atoms with van der Waals surface area (Å²) < 4.78 is 0. The predicted molar refractivity (Wildman–Crippen MR) is 49.3 cm³/mol. The molecule has 0 aromatic carbocycles. The lowest BCUT2D eigenvalue weighted by atomic mass is 10.3. The van der Waals surface area contributed by atoms with Gasteiger partial charge < -0.3 is 11.1 Å². The summed E-state index contributed by atoms with van der Waals surface area (Å²) in [6.07, 6.45) is 0.787. The average Bonchev–Trinajstić information content (AvgIpc) is 2.52. The molecule has 1 rings (SSSR count). The molecule has 4 N–H and O–H groups in total. The van der Waals surface area contributed by atoms with Crippen molar-refractivity contribution in [2.45, 2.75) is 13.3 Å². The fraction of sp³-hybridized carbons (Fsp3) is 0.500. The van der Waals surface area contributed by atoms with E-state index in [9.17, 15) is 4.79 Å². The Bertz CT molecular complexity index is 281.